The Bertz CT molecular complexity index is 444. The average Bonchev–Trinajstić information content (AvgIpc) is 2.26. The molecule has 0 aliphatic carbocycles. The molecule has 17 heavy (non-hydrogen) atoms. The fraction of sp³-hybridized carbons (Fsp3) is 0.357. The van der Waals surface area contributed by atoms with E-state index in [9.17, 15) is 10.1 Å². The molecular formula is C14H18NO2. The van der Waals surface area contributed by atoms with Crippen molar-refractivity contribution >= 4 is 5.69 Å². The van der Waals surface area contributed by atoms with E-state index in [1.165, 1.54) is 0 Å². The Morgan fingerprint density at radius 3 is 2.35 bits per heavy atom. The summed E-state index contributed by atoms with van der Waals surface area (Å²) in [6.07, 6.45) is 1.71. The van der Waals surface area contributed by atoms with E-state index in [4.69, 9.17) is 0 Å². The lowest BCUT2D eigenvalue weighted by Gasteiger charge is -2.20. The molecule has 0 atom stereocenters. The van der Waals surface area contributed by atoms with Crippen LogP contribution in [0.1, 0.15) is 38.8 Å². The van der Waals surface area contributed by atoms with Gasteiger partial charge in [0.2, 0.25) is 0 Å². The van der Waals surface area contributed by atoms with Crippen LogP contribution in [-0.4, -0.2) is 4.92 Å². The van der Waals surface area contributed by atoms with Crippen LogP contribution in [0.3, 0.4) is 0 Å². The summed E-state index contributed by atoms with van der Waals surface area (Å²) < 4.78 is 0. The van der Waals surface area contributed by atoms with Gasteiger partial charge >= 0.3 is 0 Å². The Hall–Kier alpha value is -1.64. The summed E-state index contributed by atoms with van der Waals surface area (Å²) in [5.74, 6) is 0.944. The Morgan fingerprint density at radius 1 is 1.35 bits per heavy atom. The van der Waals surface area contributed by atoms with Gasteiger partial charge in [-0.05, 0) is 16.5 Å². The normalized spacial score (nSPS) is 11.6. The number of nitro groups is 1. The molecule has 0 heterocycles. The number of rotatable bonds is 3. The van der Waals surface area contributed by atoms with Crippen LogP contribution in [0.4, 0.5) is 5.69 Å². The fourth-order valence-corrected chi connectivity index (χ4v) is 1.50. The van der Waals surface area contributed by atoms with Crippen molar-refractivity contribution in [1.29, 1.82) is 0 Å². The van der Waals surface area contributed by atoms with Gasteiger partial charge in [0.15, 0.2) is 0 Å². The first-order chi connectivity index (χ1) is 7.75. The van der Waals surface area contributed by atoms with Gasteiger partial charge in [0, 0.05) is 18.1 Å². The Morgan fingerprint density at radius 2 is 1.94 bits per heavy atom. The highest BCUT2D eigenvalue weighted by atomic mass is 16.6. The summed E-state index contributed by atoms with van der Waals surface area (Å²) in [7, 11) is 0. The second kappa shape index (κ2) is 4.70. The van der Waals surface area contributed by atoms with Crippen molar-refractivity contribution in [2.45, 2.75) is 33.1 Å². The molecular weight excluding hydrogens is 214 g/mol. The molecule has 0 unspecified atom stereocenters. The van der Waals surface area contributed by atoms with Crippen LogP contribution in [0.15, 0.2) is 30.9 Å². The first kappa shape index (κ1) is 13.4. The predicted octanol–water partition coefficient (Wildman–Crippen LogP) is 4.02. The molecule has 0 aromatic heterocycles. The van der Waals surface area contributed by atoms with Gasteiger partial charge in [0.05, 0.1) is 4.92 Å². The van der Waals surface area contributed by atoms with Gasteiger partial charge in [0.1, 0.15) is 0 Å². The molecule has 0 aliphatic rings. The third kappa shape index (κ3) is 3.16. The van der Waals surface area contributed by atoms with Crippen molar-refractivity contribution in [2.24, 2.45) is 0 Å². The summed E-state index contributed by atoms with van der Waals surface area (Å²) in [5, 5.41) is 10.9. The van der Waals surface area contributed by atoms with Crippen molar-refractivity contribution in [3.63, 3.8) is 0 Å². The summed E-state index contributed by atoms with van der Waals surface area (Å²) >= 11 is 0. The molecule has 0 N–H and O–H groups in total. The molecule has 1 radical (unpaired) electrons. The van der Waals surface area contributed by atoms with E-state index in [0.717, 1.165) is 17.0 Å². The Kier molecular flexibility index (Phi) is 3.71. The topological polar surface area (TPSA) is 43.1 Å². The number of allylic oxidation sites excluding steroid dienone is 1. The summed E-state index contributed by atoms with van der Waals surface area (Å²) in [5.41, 5.74) is 1.85. The lowest BCUT2D eigenvalue weighted by Crippen LogP contribution is -2.12. The molecule has 0 fully saturated rings. The number of hydrogen-bond acceptors (Lipinski definition) is 2. The van der Waals surface area contributed by atoms with Gasteiger partial charge < -0.3 is 0 Å². The molecule has 1 aromatic rings. The van der Waals surface area contributed by atoms with Gasteiger partial charge in [-0.2, -0.15) is 0 Å². The number of non-ortho nitro benzene ring substituents is 1. The average molecular weight is 232 g/mol. The lowest BCUT2D eigenvalue weighted by molar-refractivity contribution is -0.385. The zero-order valence-electron chi connectivity index (χ0n) is 10.8. The Balaban J connectivity index is 3.38. The Labute approximate surface area is 102 Å². The van der Waals surface area contributed by atoms with Crippen LogP contribution in [0.25, 0.3) is 0 Å². The van der Waals surface area contributed by atoms with Crippen LogP contribution in [0, 0.1) is 16.0 Å². The highest BCUT2D eigenvalue weighted by Crippen LogP contribution is 2.30. The van der Waals surface area contributed by atoms with Crippen LogP contribution in [-0.2, 0) is 5.41 Å². The zero-order valence-corrected chi connectivity index (χ0v) is 10.8. The highest BCUT2D eigenvalue weighted by molar-refractivity contribution is 5.48. The van der Waals surface area contributed by atoms with Crippen LogP contribution in [0.5, 0.6) is 0 Å². The maximum Gasteiger partial charge on any atom is 0.270 e. The monoisotopic (exact) mass is 232 g/mol. The van der Waals surface area contributed by atoms with E-state index < -0.39 is 0 Å². The van der Waals surface area contributed by atoms with Gasteiger partial charge in [0.25, 0.3) is 5.69 Å². The molecule has 1 aromatic carbocycles. The second-order valence-electron chi connectivity index (χ2n) is 5.16. The number of nitro benzene ring substituents is 1. The fourth-order valence-electron chi connectivity index (χ4n) is 1.50. The van der Waals surface area contributed by atoms with Crippen molar-refractivity contribution < 1.29 is 4.92 Å². The molecule has 0 amide bonds. The minimum Gasteiger partial charge on any atom is -0.258 e. The smallest absolute Gasteiger partial charge is 0.258 e. The van der Waals surface area contributed by atoms with Gasteiger partial charge in [-0.3, -0.25) is 10.1 Å². The molecule has 0 bridgehead atoms. The number of hydrogen-bond donors (Lipinski definition) is 0. The zero-order chi connectivity index (χ0) is 13.2. The standard InChI is InChI=1S/C14H18NO2/c1-6-10(2)11-7-12(14(3,4)5)9-13(8-11)15(16)17/h6-9H,1H2,2-5H3. The molecule has 91 valence electrons. The largest absolute Gasteiger partial charge is 0.270 e. The van der Waals surface area contributed by atoms with Crippen molar-refractivity contribution in [2.75, 3.05) is 0 Å². The maximum absolute atomic E-state index is 10.9. The molecule has 0 saturated carbocycles. The van der Waals surface area contributed by atoms with E-state index in [-0.39, 0.29) is 16.0 Å². The van der Waals surface area contributed by atoms with E-state index >= 15 is 0 Å². The number of benzene rings is 1. The van der Waals surface area contributed by atoms with Gasteiger partial charge in [-0.15, -0.1) is 6.58 Å². The molecule has 3 heteroatoms. The summed E-state index contributed by atoms with van der Waals surface area (Å²) in [6, 6.07) is 5.22. The summed E-state index contributed by atoms with van der Waals surface area (Å²) in [6.45, 7) is 11.7. The van der Waals surface area contributed by atoms with E-state index in [1.807, 2.05) is 33.8 Å². The minimum atomic E-state index is -0.352. The van der Waals surface area contributed by atoms with Crippen LogP contribution in [0.2, 0.25) is 0 Å². The van der Waals surface area contributed by atoms with E-state index in [1.54, 1.807) is 18.2 Å². The molecule has 0 saturated heterocycles. The summed E-state index contributed by atoms with van der Waals surface area (Å²) in [4.78, 5) is 10.6. The molecule has 3 nitrogen and oxygen atoms in total. The van der Waals surface area contributed by atoms with Gasteiger partial charge in [-0.25, -0.2) is 0 Å². The second-order valence-corrected chi connectivity index (χ2v) is 5.16. The third-order valence-corrected chi connectivity index (χ3v) is 2.76. The minimum absolute atomic E-state index is 0.109. The first-order valence-corrected chi connectivity index (χ1v) is 5.52. The van der Waals surface area contributed by atoms with Crippen molar-refractivity contribution in [1.82, 2.24) is 0 Å². The highest BCUT2D eigenvalue weighted by Gasteiger charge is 2.20. The SMILES string of the molecule is C=C[C](C)c1cc([N+](=O)[O-])cc(C(C)(C)C)c1. The van der Waals surface area contributed by atoms with Gasteiger partial charge in [-0.1, -0.05) is 39.8 Å². The maximum atomic E-state index is 10.9. The van der Waals surface area contributed by atoms with Crippen molar-refractivity contribution in [3.05, 3.63) is 58.0 Å². The molecule has 0 aliphatic heterocycles. The van der Waals surface area contributed by atoms with E-state index in [0.29, 0.717) is 0 Å². The third-order valence-electron chi connectivity index (χ3n) is 2.76. The first-order valence-electron chi connectivity index (χ1n) is 5.52. The molecule has 0 spiro atoms. The quantitative estimate of drug-likeness (QED) is 0.583. The predicted molar refractivity (Wildman–Crippen MR) is 70.0 cm³/mol. The van der Waals surface area contributed by atoms with Crippen LogP contribution < -0.4 is 0 Å². The molecule has 1 rings (SSSR count). The van der Waals surface area contributed by atoms with Crippen LogP contribution >= 0.6 is 0 Å². The van der Waals surface area contributed by atoms with Crippen molar-refractivity contribution in [3.8, 4) is 0 Å². The number of nitrogens with zero attached hydrogens (tertiary/aromatic N) is 1. The van der Waals surface area contributed by atoms with E-state index in [2.05, 4.69) is 6.58 Å². The lowest BCUT2D eigenvalue weighted by atomic mass is 9.84.